The predicted molar refractivity (Wildman–Crippen MR) is 70.9 cm³/mol. The predicted octanol–water partition coefficient (Wildman–Crippen LogP) is 1.98. The minimum absolute atomic E-state index is 0.516. The molecule has 0 aliphatic carbocycles. The second-order valence-corrected chi connectivity index (χ2v) is 4.87. The third kappa shape index (κ3) is 8.08. The fourth-order valence-corrected chi connectivity index (χ4v) is 1.78. The van der Waals surface area contributed by atoms with Gasteiger partial charge in [0.25, 0.3) is 0 Å². The summed E-state index contributed by atoms with van der Waals surface area (Å²) in [5, 5.41) is 3.50. The van der Waals surface area contributed by atoms with Crippen molar-refractivity contribution in [3.63, 3.8) is 0 Å². The van der Waals surface area contributed by atoms with Gasteiger partial charge >= 0.3 is 0 Å². The number of nitrogens with one attached hydrogen (secondary N) is 1. The lowest BCUT2D eigenvalue weighted by molar-refractivity contribution is 0.103. The highest BCUT2D eigenvalue weighted by atomic mass is 16.5. The van der Waals surface area contributed by atoms with Gasteiger partial charge in [-0.15, -0.1) is 0 Å². The normalized spacial score (nSPS) is 13.7. The minimum atomic E-state index is 0.516. The van der Waals surface area contributed by atoms with Crippen LogP contribution in [-0.2, 0) is 4.74 Å². The summed E-state index contributed by atoms with van der Waals surface area (Å²) in [6, 6.07) is 0.516. The van der Waals surface area contributed by atoms with Crippen LogP contribution in [-0.4, -0.2) is 50.8 Å². The Hall–Kier alpha value is -0.120. The molecule has 0 heterocycles. The molecule has 0 aromatic carbocycles. The van der Waals surface area contributed by atoms with Crippen molar-refractivity contribution in [2.24, 2.45) is 5.92 Å². The van der Waals surface area contributed by atoms with E-state index >= 15 is 0 Å². The van der Waals surface area contributed by atoms with Gasteiger partial charge in [-0.3, -0.25) is 4.90 Å². The monoisotopic (exact) mass is 230 g/mol. The van der Waals surface area contributed by atoms with Crippen LogP contribution in [0.4, 0.5) is 0 Å². The molecule has 16 heavy (non-hydrogen) atoms. The first kappa shape index (κ1) is 15.9. The molecule has 1 unspecified atom stereocenters. The maximum absolute atomic E-state index is 5.18. The van der Waals surface area contributed by atoms with Crippen LogP contribution in [0.3, 0.4) is 0 Å². The SMILES string of the molecule is CCN(CCNCCC(C)C)C(C)COC. The van der Waals surface area contributed by atoms with Gasteiger partial charge in [-0.05, 0) is 32.4 Å². The molecule has 0 aromatic heterocycles. The molecule has 0 aromatic rings. The van der Waals surface area contributed by atoms with Crippen molar-refractivity contribution in [3.8, 4) is 0 Å². The summed E-state index contributed by atoms with van der Waals surface area (Å²) >= 11 is 0. The van der Waals surface area contributed by atoms with E-state index in [4.69, 9.17) is 4.74 Å². The first-order valence-corrected chi connectivity index (χ1v) is 6.55. The van der Waals surface area contributed by atoms with Gasteiger partial charge in [0.05, 0.1) is 6.61 Å². The molecule has 0 saturated heterocycles. The fraction of sp³-hybridized carbons (Fsp3) is 1.00. The molecule has 0 spiro atoms. The highest BCUT2D eigenvalue weighted by Gasteiger charge is 2.10. The largest absolute Gasteiger partial charge is 0.383 e. The van der Waals surface area contributed by atoms with E-state index in [0.29, 0.717) is 6.04 Å². The average molecular weight is 230 g/mol. The van der Waals surface area contributed by atoms with Gasteiger partial charge in [-0.2, -0.15) is 0 Å². The molecule has 0 rings (SSSR count). The molecule has 98 valence electrons. The fourth-order valence-electron chi connectivity index (χ4n) is 1.78. The zero-order valence-corrected chi connectivity index (χ0v) is 11.8. The van der Waals surface area contributed by atoms with E-state index in [1.807, 2.05) is 0 Å². The van der Waals surface area contributed by atoms with Crippen molar-refractivity contribution in [1.82, 2.24) is 10.2 Å². The van der Waals surface area contributed by atoms with Crippen LogP contribution in [0.1, 0.15) is 34.1 Å². The molecule has 3 nitrogen and oxygen atoms in total. The molecule has 1 atom stereocenters. The van der Waals surface area contributed by atoms with Crippen molar-refractivity contribution in [3.05, 3.63) is 0 Å². The van der Waals surface area contributed by atoms with E-state index in [9.17, 15) is 0 Å². The second kappa shape index (κ2) is 10.1. The Morgan fingerprint density at radius 3 is 2.38 bits per heavy atom. The quantitative estimate of drug-likeness (QED) is 0.581. The van der Waals surface area contributed by atoms with E-state index in [1.165, 1.54) is 6.42 Å². The molecular formula is C13H30N2O. The number of likely N-dealkylation sites (N-methyl/N-ethyl adjacent to an activating group) is 1. The maximum atomic E-state index is 5.18. The van der Waals surface area contributed by atoms with Gasteiger partial charge in [0.2, 0.25) is 0 Å². The van der Waals surface area contributed by atoms with Crippen LogP contribution in [0.15, 0.2) is 0 Å². The Kier molecular flexibility index (Phi) is 9.99. The van der Waals surface area contributed by atoms with Crippen LogP contribution >= 0.6 is 0 Å². The summed E-state index contributed by atoms with van der Waals surface area (Å²) in [5.74, 6) is 0.794. The Balaban J connectivity index is 3.54. The van der Waals surface area contributed by atoms with Gasteiger partial charge in [-0.1, -0.05) is 20.8 Å². The number of hydrogen-bond acceptors (Lipinski definition) is 3. The van der Waals surface area contributed by atoms with Gasteiger partial charge < -0.3 is 10.1 Å². The van der Waals surface area contributed by atoms with Gasteiger partial charge in [0, 0.05) is 26.2 Å². The summed E-state index contributed by atoms with van der Waals surface area (Å²) in [6.07, 6.45) is 1.26. The van der Waals surface area contributed by atoms with Crippen molar-refractivity contribution < 1.29 is 4.74 Å². The number of ether oxygens (including phenoxy) is 1. The summed E-state index contributed by atoms with van der Waals surface area (Å²) in [4.78, 5) is 2.45. The van der Waals surface area contributed by atoms with Crippen LogP contribution in [0.5, 0.6) is 0 Å². The van der Waals surface area contributed by atoms with Crippen molar-refractivity contribution in [1.29, 1.82) is 0 Å². The zero-order valence-electron chi connectivity index (χ0n) is 11.8. The molecule has 0 aliphatic rings. The van der Waals surface area contributed by atoms with Crippen LogP contribution < -0.4 is 5.32 Å². The van der Waals surface area contributed by atoms with E-state index < -0.39 is 0 Å². The smallest absolute Gasteiger partial charge is 0.0615 e. The van der Waals surface area contributed by atoms with Crippen LogP contribution in [0, 0.1) is 5.92 Å². The Labute approximate surface area is 102 Å². The summed E-state index contributed by atoms with van der Waals surface area (Å²) in [6.45, 7) is 14.2. The van der Waals surface area contributed by atoms with E-state index in [1.54, 1.807) is 7.11 Å². The first-order valence-electron chi connectivity index (χ1n) is 6.55. The molecule has 0 radical (unpaired) electrons. The van der Waals surface area contributed by atoms with Crippen molar-refractivity contribution in [2.75, 3.05) is 39.9 Å². The average Bonchev–Trinajstić information content (AvgIpc) is 2.23. The minimum Gasteiger partial charge on any atom is -0.383 e. The number of methoxy groups -OCH3 is 1. The van der Waals surface area contributed by atoms with Gasteiger partial charge in [0.15, 0.2) is 0 Å². The lowest BCUT2D eigenvalue weighted by Gasteiger charge is -2.27. The van der Waals surface area contributed by atoms with E-state index in [2.05, 4.69) is 37.9 Å². The molecule has 1 N–H and O–H groups in total. The van der Waals surface area contributed by atoms with Gasteiger partial charge in [-0.25, -0.2) is 0 Å². The summed E-state index contributed by atoms with van der Waals surface area (Å²) in [5.41, 5.74) is 0. The van der Waals surface area contributed by atoms with Crippen molar-refractivity contribution in [2.45, 2.75) is 40.2 Å². The molecule has 0 bridgehead atoms. The lowest BCUT2D eigenvalue weighted by Crippen LogP contribution is -2.40. The highest BCUT2D eigenvalue weighted by Crippen LogP contribution is 1.99. The number of hydrogen-bond donors (Lipinski definition) is 1. The lowest BCUT2D eigenvalue weighted by atomic mass is 10.1. The maximum Gasteiger partial charge on any atom is 0.0615 e. The van der Waals surface area contributed by atoms with Crippen molar-refractivity contribution >= 4 is 0 Å². The standard InChI is InChI=1S/C13H30N2O/c1-6-15(13(4)11-16-5)10-9-14-8-7-12(2)3/h12-14H,6-11H2,1-5H3. The Bertz CT molecular complexity index is 151. The highest BCUT2D eigenvalue weighted by molar-refractivity contribution is 4.66. The van der Waals surface area contributed by atoms with E-state index in [0.717, 1.165) is 38.7 Å². The van der Waals surface area contributed by atoms with E-state index in [-0.39, 0.29) is 0 Å². The van der Waals surface area contributed by atoms with Crippen LogP contribution in [0.25, 0.3) is 0 Å². The molecule has 0 fully saturated rings. The number of rotatable bonds is 10. The van der Waals surface area contributed by atoms with Gasteiger partial charge in [0.1, 0.15) is 0 Å². The second-order valence-electron chi connectivity index (χ2n) is 4.87. The molecule has 3 heteroatoms. The first-order chi connectivity index (χ1) is 7.61. The third-order valence-electron chi connectivity index (χ3n) is 2.91. The topological polar surface area (TPSA) is 24.5 Å². The Morgan fingerprint density at radius 1 is 1.19 bits per heavy atom. The molecular weight excluding hydrogens is 200 g/mol. The molecule has 0 saturated carbocycles. The Morgan fingerprint density at radius 2 is 1.88 bits per heavy atom. The number of nitrogens with zero attached hydrogens (tertiary/aromatic N) is 1. The molecule has 0 amide bonds. The summed E-state index contributed by atoms with van der Waals surface area (Å²) in [7, 11) is 1.77. The van der Waals surface area contributed by atoms with Crippen LogP contribution in [0.2, 0.25) is 0 Å². The summed E-state index contributed by atoms with van der Waals surface area (Å²) < 4.78 is 5.18. The molecule has 0 aliphatic heterocycles. The third-order valence-corrected chi connectivity index (χ3v) is 2.91. The zero-order chi connectivity index (χ0) is 12.4.